The van der Waals surface area contributed by atoms with Gasteiger partial charge in [-0.05, 0) is 37.3 Å². The number of aromatic nitrogens is 4. The average molecular weight is 424 g/mol. The maximum atomic E-state index is 12.7. The molecule has 0 saturated carbocycles. The van der Waals surface area contributed by atoms with E-state index in [2.05, 4.69) is 19.9 Å². The largest absolute Gasteiger partial charge is 0.435 e. The zero-order valence-electron chi connectivity index (χ0n) is 16.1. The third kappa shape index (κ3) is 4.49. The number of aryl methyl sites for hydroxylation is 1. The van der Waals surface area contributed by atoms with E-state index in [1.165, 1.54) is 17.8 Å². The second-order valence-corrected chi connectivity index (χ2v) is 7.43. The van der Waals surface area contributed by atoms with Gasteiger partial charge in [-0.1, -0.05) is 47.7 Å². The first kappa shape index (κ1) is 20.0. The summed E-state index contributed by atoms with van der Waals surface area (Å²) < 4.78 is 32.0. The van der Waals surface area contributed by atoms with Crippen LogP contribution in [0.4, 0.5) is 8.78 Å². The van der Waals surface area contributed by atoms with Crippen molar-refractivity contribution in [2.45, 2.75) is 24.4 Å². The van der Waals surface area contributed by atoms with E-state index >= 15 is 0 Å². The molecule has 0 aliphatic rings. The zero-order valence-corrected chi connectivity index (χ0v) is 16.9. The molecule has 152 valence electrons. The number of para-hydroxylation sites is 1. The molecule has 0 atom stereocenters. The lowest BCUT2D eigenvalue weighted by atomic mass is 10.2. The van der Waals surface area contributed by atoms with Crippen molar-refractivity contribution in [3.63, 3.8) is 0 Å². The Balaban J connectivity index is 1.69. The van der Waals surface area contributed by atoms with Crippen molar-refractivity contribution >= 4 is 11.8 Å². The number of benzene rings is 2. The summed E-state index contributed by atoms with van der Waals surface area (Å²) in [6.45, 7) is -0.847. The van der Waals surface area contributed by atoms with Gasteiger partial charge in [0.15, 0.2) is 11.0 Å². The molecule has 2 heterocycles. The number of rotatable bonds is 7. The first-order chi connectivity index (χ1) is 14.6. The summed E-state index contributed by atoms with van der Waals surface area (Å²) in [7, 11) is 0. The van der Waals surface area contributed by atoms with E-state index in [-0.39, 0.29) is 5.75 Å². The van der Waals surface area contributed by atoms with E-state index in [1.807, 2.05) is 47.9 Å². The van der Waals surface area contributed by atoms with Crippen molar-refractivity contribution < 1.29 is 13.5 Å². The quantitative estimate of drug-likeness (QED) is 0.365. The van der Waals surface area contributed by atoms with Crippen molar-refractivity contribution in [1.82, 2.24) is 19.7 Å². The first-order valence-electron chi connectivity index (χ1n) is 9.20. The molecule has 0 amide bonds. The number of nitrogens with zero attached hydrogens (tertiary/aromatic N) is 4. The van der Waals surface area contributed by atoms with Gasteiger partial charge in [0.05, 0.1) is 0 Å². The zero-order chi connectivity index (χ0) is 20.9. The van der Waals surface area contributed by atoms with Crippen LogP contribution in [-0.4, -0.2) is 26.4 Å². The third-order valence-corrected chi connectivity index (χ3v) is 5.39. The number of hydrogen-bond acceptors (Lipinski definition) is 5. The van der Waals surface area contributed by atoms with Crippen molar-refractivity contribution in [3.05, 3.63) is 84.2 Å². The summed E-state index contributed by atoms with van der Waals surface area (Å²) in [5.74, 6) is 1.25. The van der Waals surface area contributed by atoms with Crippen LogP contribution in [0.1, 0.15) is 11.1 Å². The Hall–Kier alpha value is -3.26. The van der Waals surface area contributed by atoms with Crippen LogP contribution in [0.15, 0.2) is 78.2 Å². The van der Waals surface area contributed by atoms with Gasteiger partial charge in [0.25, 0.3) is 0 Å². The second-order valence-electron chi connectivity index (χ2n) is 6.49. The molecule has 0 N–H and O–H groups in total. The Morgan fingerprint density at radius 3 is 2.43 bits per heavy atom. The van der Waals surface area contributed by atoms with Crippen LogP contribution in [0.25, 0.3) is 17.1 Å². The molecule has 5 nitrogen and oxygen atoms in total. The smallest absolute Gasteiger partial charge is 0.387 e. The van der Waals surface area contributed by atoms with Gasteiger partial charge in [-0.15, -0.1) is 10.2 Å². The number of thioether (sulfide) groups is 1. The molecule has 0 bridgehead atoms. The van der Waals surface area contributed by atoms with E-state index in [4.69, 9.17) is 0 Å². The molecule has 8 heteroatoms. The summed E-state index contributed by atoms with van der Waals surface area (Å²) >= 11 is 1.40. The fraction of sp³-hybridized carbons (Fsp3) is 0.136. The number of alkyl halides is 2. The molecule has 0 aliphatic heterocycles. The normalized spacial score (nSPS) is 11.1. The van der Waals surface area contributed by atoms with Gasteiger partial charge < -0.3 is 4.74 Å². The fourth-order valence-corrected chi connectivity index (χ4v) is 3.90. The number of pyridine rings is 1. The molecule has 2 aromatic carbocycles. The predicted molar refractivity (Wildman–Crippen MR) is 112 cm³/mol. The molecule has 0 spiro atoms. The fourth-order valence-electron chi connectivity index (χ4n) is 2.95. The standard InChI is InChI=1S/C22H18F2N4OS/c1-15-6-8-18(9-7-15)28-20(16-10-12-25-13-11-16)26-27-22(28)30-14-17-4-2-3-5-19(17)29-21(23)24/h2-13,21H,14H2,1H3. The summed E-state index contributed by atoms with van der Waals surface area (Å²) in [6, 6.07) is 18.5. The topological polar surface area (TPSA) is 52.8 Å². The highest BCUT2D eigenvalue weighted by molar-refractivity contribution is 7.98. The summed E-state index contributed by atoms with van der Waals surface area (Å²) in [5, 5.41) is 9.40. The molecule has 30 heavy (non-hydrogen) atoms. The van der Waals surface area contributed by atoms with Crippen LogP contribution in [0.5, 0.6) is 5.75 Å². The van der Waals surface area contributed by atoms with E-state index in [0.29, 0.717) is 22.3 Å². The van der Waals surface area contributed by atoms with E-state index in [1.54, 1.807) is 30.6 Å². The van der Waals surface area contributed by atoms with Crippen molar-refractivity contribution in [1.29, 1.82) is 0 Å². The Morgan fingerprint density at radius 2 is 1.70 bits per heavy atom. The maximum absolute atomic E-state index is 12.7. The van der Waals surface area contributed by atoms with Crippen LogP contribution in [0.2, 0.25) is 0 Å². The number of ether oxygens (including phenoxy) is 1. The molecule has 0 unspecified atom stereocenters. The minimum absolute atomic E-state index is 0.163. The Morgan fingerprint density at radius 1 is 0.967 bits per heavy atom. The van der Waals surface area contributed by atoms with Crippen LogP contribution in [0, 0.1) is 6.92 Å². The van der Waals surface area contributed by atoms with Crippen LogP contribution >= 0.6 is 11.8 Å². The van der Waals surface area contributed by atoms with Crippen LogP contribution in [-0.2, 0) is 5.75 Å². The summed E-state index contributed by atoms with van der Waals surface area (Å²) in [5.41, 5.74) is 3.60. The lowest BCUT2D eigenvalue weighted by Crippen LogP contribution is -2.04. The lowest BCUT2D eigenvalue weighted by molar-refractivity contribution is -0.0503. The van der Waals surface area contributed by atoms with Crippen molar-refractivity contribution in [3.8, 4) is 22.8 Å². The van der Waals surface area contributed by atoms with Gasteiger partial charge in [0.1, 0.15) is 5.75 Å². The third-order valence-electron chi connectivity index (χ3n) is 4.41. The monoisotopic (exact) mass is 424 g/mol. The Labute approximate surface area is 176 Å². The van der Waals surface area contributed by atoms with E-state index in [9.17, 15) is 8.78 Å². The molecule has 0 aliphatic carbocycles. The second kappa shape index (κ2) is 9.04. The molecule has 4 rings (SSSR count). The van der Waals surface area contributed by atoms with Gasteiger partial charge >= 0.3 is 6.61 Å². The molecular weight excluding hydrogens is 406 g/mol. The van der Waals surface area contributed by atoms with Gasteiger partial charge in [0.2, 0.25) is 0 Å². The van der Waals surface area contributed by atoms with E-state index in [0.717, 1.165) is 16.8 Å². The molecule has 2 aromatic heterocycles. The van der Waals surface area contributed by atoms with Gasteiger partial charge in [-0.2, -0.15) is 8.78 Å². The highest BCUT2D eigenvalue weighted by Crippen LogP contribution is 2.32. The minimum atomic E-state index is -2.87. The number of hydrogen-bond donors (Lipinski definition) is 0. The predicted octanol–water partition coefficient (Wildman–Crippen LogP) is 5.53. The summed E-state index contributed by atoms with van der Waals surface area (Å²) in [4.78, 5) is 4.06. The van der Waals surface area contributed by atoms with Crippen molar-refractivity contribution in [2.24, 2.45) is 0 Å². The van der Waals surface area contributed by atoms with Gasteiger partial charge in [0, 0.05) is 35.0 Å². The SMILES string of the molecule is Cc1ccc(-n2c(SCc3ccccc3OC(F)F)nnc2-c2ccncc2)cc1. The van der Waals surface area contributed by atoms with E-state index < -0.39 is 6.61 Å². The molecule has 0 saturated heterocycles. The molecule has 0 fully saturated rings. The highest BCUT2D eigenvalue weighted by Gasteiger charge is 2.17. The highest BCUT2D eigenvalue weighted by atomic mass is 32.2. The van der Waals surface area contributed by atoms with Crippen LogP contribution < -0.4 is 4.74 Å². The number of halogens is 2. The summed E-state index contributed by atoms with van der Waals surface area (Å²) in [6.07, 6.45) is 3.41. The molecule has 0 radical (unpaired) electrons. The lowest BCUT2D eigenvalue weighted by Gasteiger charge is -2.12. The molecule has 4 aromatic rings. The Bertz CT molecular complexity index is 1120. The van der Waals surface area contributed by atoms with Gasteiger partial charge in [-0.3, -0.25) is 9.55 Å². The first-order valence-corrected chi connectivity index (χ1v) is 10.2. The van der Waals surface area contributed by atoms with Crippen molar-refractivity contribution in [2.75, 3.05) is 0 Å². The Kier molecular flexibility index (Phi) is 6.04. The van der Waals surface area contributed by atoms with Crippen LogP contribution in [0.3, 0.4) is 0 Å². The van der Waals surface area contributed by atoms with Gasteiger partial charge in [-0.25, -0.2) is 0 Å². The minimum Gasteiger partial charge on any atom is -0.435 e. The average Bonchev–Trinajstić information content (AvgIpc) is 3.18. The maximum Gasteiger partial charge on any atom is 0.387 e. The molecular formula is C22H18F2N4OS.